The van der Waals surface area contributed by atoms with Crippen LogP contribution < -0.4 is 33.8 Å². The molecule has 0 aliphatic carbocycles. The fraction of sp³-hybridized carbons (Fsp3) is 0. The maximum absolute atomic E-state index is 8.33. The lowest BCUT2D eigenvalue weighted by Gasteiger charge is -1.96. The van der Waals surface area contributed by atoms with Gasteiger partial charge in [-0.25, -0.2) is 0 Å². The lowest BCUT2D eigenvalue weighted by molar-refractivity contribution is -0.415. The summed E-state index contributed by atoms with van der Waals surface area (Å²) in [6, 6.07) is 0. The second-order valence-electron chi connectivity index (χ2n) is 0.346. The summed E-state index contributed by atoms with van der Waals surface area (Å²) in [6.45, 7) is -0.500. The standard InChI is InChI=1S/CH2O3.CH2O2.3H3N/c2-1(3)4;2-1-3;;;/h(H2,2,3,4);1H,(H,2,3);3*1H3. The van der Waals surface area contributed by atoms with E-state index in [0.29, 0.717) is 0 Å². The van der Waals surface area contributed by atoms with E-state index in [4.69, 9.17) is 24.9 Å². The number of hydrogen-bond donors (Lipinski definition) is 3. The number of quaternary nitrogens is 3. The van der Waals surface area contributed by atoms with E-state index in [2.05, 4.69) is 0 Å². The van der Waals surface area contributed by atoms with Crippen LogP contribution in [0.1, 0.15) is 0 Å². The lowest BCUT2D eigenvalue weighted by Crippen LogP contribution is -2.37. The van der Waals surface area contributed by atoms with Gasteiger partial charge in [0.25, 0.3) is 0 Å². The number of rotatable bonds is 0. The van der Waals surface area contributed by atoms with Gasteiger partial charge in [0.1, 0.15) is 0 Å². The van der Waals surface area contributed by atoms with Crippen molar-refractivity contribution in [3.05, 3.63) is 0 Å². The molecule has 8 nitrogen and oxygen atoms in total. The molecule has 0 aliphatic heterocycles. The Kier molecular flexibility index (Phi) is 186. The molecule has 10 heavy (non-hydrogen) atoms. The molecule has 0 spiro atoms. The lowest BCUT2D eigenvalue weighted by atomic mass is 11.5. The first kappa shape index (κ1) is 38.2. The highest BCUT2D eigenvalue weighted by Crippen LogP contribution is 1.21. The molecular formula is C2H13N3O5. The molecule has 0 rings (SSSR count). The fourth-order valence-corrected chi connectivity index (χ4v) is 0. The second kappa shape index (κ2) is 48.6. The Hall–Kier alpha value is -1.38. The van der Waals surface area contributed by atoms with Crippen LogP contribution in [0.4, 0.5) is 4.79 Å². The van der Waals surface area contributed by atoms with Crippen molar-refractivity contribution in [1.29, 1.82) is 0 Å². The van der Waals surface area contributed by atoms with E-state index < -0.39 is 12.6 Å². The third kappa shape index (κ3) is 110. The Bertz CT molecular complexity index is 61.9. The van der Waals surface area contributed by atoms with Crippen molar-refractivity contribution in [3.63, 3.8) is 0 Å². The predicted molar refractivity (Wildman–Crippen MR) is 29.4 cm³/mol. The summed E-state index contributed by atoms with van der Waals surface area (Å²) in [7, 11) is 0. The first-order valence-electron chi connectivity index (χ1n) is 1.08. The number of hydrogen-bond acceptors (Lipinski definition) is 5. The van der Waals surface area contributed by atoms with Crippen LogP contribution in [0.15, 0.2) is 0 Å². The Morgan fingerprint density at radius 1 is 1.10 bits per heavy atom. The number of carbonyl (C=O) groups excluding carboxylic acids is 2. The summed E-state index contributed by atoms with van der Waals surface area (Å²) in [5, 5.41) is 24.9. The van der Waals surface area contributed by atoms with Crippen molar-refractivity contribution in [2.24, 2.45) is 0 Å². The summed E-state index contributed by atoms with van der Waals surface area (Å²) in [6.07, 6.45) is -2.33. The van der Waals surface area contributed by atoms with Gasteiger partial charge in [-0.15, -0.1) is 0 Å². The summed E-state index contributed by atoms with van der Waals surface area (Å²) in [4.78, 5) is 16.6. The summed E-state index contributed by atoms with van der Waals surface area (Å²) < 4.78 is 0. The van der Waals surface area contributed by atoms with Crippen LogP contribution in [0.5, 0.6) is 0 Å². The molecule has 0 aromatic carbocycles. The van der Waals surface area contributed by atoms with Crippen molar-refractivity contribution in [2.45, 2.75) is 0 Å². The fourth-order valence-electron chi connectivity index (χ4n) is 0. The largest absolute Gasteiger partial charge is 0.652 e. The van der Waals surface area contributed by atoms with E-state index >= 15 is 0 Å². The number of carboxylic acid groups (broad SMARTS) is 3. The molecule has 0 saturated carbocycles. The Morgan fingerprint density at radius 3 is 1.10 bits per heavy atom. The van der Waals surface area contributed by atoms with Crippen LogP contribution in [0, 0.1) is 0 Å². The van der Waals surface area contributed by atoms with Gasteiger partial charge in [0.15, 0.2) is 0 Å². The van der Waals surface area contributed by atoms with Crippen LogP contribution in [-0.2, 0) is 4.79 Å². The summed E-state index contributed by atoms with van der Waals surface area (Å²) >= 11 is 0. The maximum atomic E-state index is 8.33. The summed E-state index contributed by atoms with van der Waals surface area (Å²) in [5.74, 6) is 0. The zero-order valence-electron chi connectivity index (χ0n) is 6.12. The highest BCUT2D eigenvalue weighted by molar-refractivity contribution is 5.47. The van der Waals surface area contributed by atoms with Gasteiger partial charge in [0, 0.05) is 6.47 Å². The molecule has 0 heterocycles. The van der Waals surface area contributed by atoms with E-state index in [0.717, 1.165) is 0 Å². The van der Waals surface area contributed by atoms with Crippen LogP contribution in [-0.4, -0.2) is 12.6 Å². The minimum Gasteiger partial charge on any atom is -0.652 e. The first-order chi connectivity index (χ1) is 3.15. The van der Waals surface area contributed by atoms with Gasteiger partial charge in [0.2, 0.25) is 0 Å². The van der Waals surface area contributed by atoms with E-state index in [9.17, 15) is 0 Å². The van der Waals surface area contributed by atoms with Gasteiger partial charge in [-0.2, -0.15) is 0 Å². The van der Waals surface area contributed by atoms with Crippen molar-refractivity contribution < 1.29 is 24.9 Å². The molecule has 0 unspecified atom stereocenters. The van der Waals surface area contributed by atoms with E-state index in [-0.39, 0.29) is 18.5 Å². The van der Waals surface area contributed by atoms with Gasteiger partial charge in [-0.05, 0) is 6.16 Å². The van der Waals surface area contributed by atoms with Crippen LogP contribution in [0.2, 0.25) is 0 Å². The maximum Gasteiger partial charge on any atom is 0.0275 e. The minimum atomic E-state index is -2.33. The number of carbonyl (C=O) groups is 2. The Balaban J connectivity index is -0.0000000131. The van der Waals surface area contributed by atoms with Crippen molar-refractivity contribution in [3.8, 4) is 0 Å². The summed E-state index contributed by atoms with van der Waals surface area (Å²) in [5.41, 5.74) is 0. The van der Waals surface area contributed by atoms with E-state index in [1.54, 1.807) is 0 Å². The van der Waals surface area contributed by atoms with E-state index in [1.165, 1.54) is 0 Å². The van der Waals surface area contributed by atoms with Gasteiger partial charge in [0.05, 0.1) is 0 Å². The van der Waals surface area contributed by atoms with Gasteiger partial charge >= 0.3 is 0 Å². The molecule has 0 saturated heterocycles. The molecule has 0 fully saturated rings. The molecule has 0 aliphatic rings. The molecule has 0 bridgehead atoms. The second-order valence-corrected chi connectivity index (χ2v) is 0.346. The van der Waals surface area contributed by atoms with E-state index in [1.807, 2.05) is 0 Å². The molecule has 0 aromatic heterocycles. The van der Waals surface area contributed by atoms with Gasteiger partial charge < -0.3 is 43.4 Å². The normalized spacial score (nSPS) is 3.60. The molecule has 0 atom stereocenters. The van der Waals surface area contributed by atoms with Crippen LogP contribution >= 0.6 is 0 Å². The third-order valence-electron chi connectivity index (χ3n) is 0. The Morgan fingerprint density at radius 2 is 1.10 bits per heavy atom. The monoisotopic (exact) mass is 159 g/mol. The van der Waals surface area contributed by atoms with Crippen LogP contribution in [0.25, 0.3) is 0 Å². The quantitative estimate of drug-likeness (QED) is 0.315. The van der Waals surface area contributed by atoms with Crippen molar-refractivity contribution in [2.75, 3.05) is 0 Å². The SMILES string of the molecule is O=C([O-])[O-].O=C[O-].[NH4+].[NH4+].[NH4+]. The first-order valence-corrected chi connectivity index (χ1v) is 1.08. The topological polar surface area (TPSA) is 213 Å². The average molecular weight is 159 g/mol. The van der Waals surface area contributed by atoms with Crippen molar-refractivity contribution >= 4 is 12.6 Å². The van der Waals surface area contributed by atoms with Crippen LogP contribution in [0.3, 0.4) is 0 Å². The molecule has 66 valence electrons. The van der Waals surface area contributed by atoms with Gasteiger partial charge in [-0.3, -0.25) is 0 Å². The predicted octanol–water partition coefficient (Wildman–Crippen LogP) is -2.95. The molecule has 0 radical (unpaired) electrons. The molecule has 12 N–H and O–H groups in total. The molecule has 0 aromatic rings. The highest BCUT2D eigenvalue weighted by atomic mass is 16.6. The average Bonchev–Trinajstić information content (AvgIpc) is 1.33. The van der Waals surface area contributed by atoms with Crippen molar-refractivity contribution in [1.82, 2.24) is 18.5 Å². The molecule has 8 heteroatoms. The third-order valence-corrected chi connectivity index (χ3v) is 0. The van der Waals surface area contributed by atoms with Gasteiger partial charge in [-0.1, -0.05) is 0 Å². The Labute approximate surface area is 57.2 Å². The minimum absolute atomic E-state index is 0. The zero-order valence-corrected chi connectivity index (χ0v) is 6.12. The smallest absolute Gasteiger partial charge is 0.0275 e. The zero-order chi connectivity index (χ0) is 6.28. The molecule has 0 amide bonds. The highest BCUT2D eigenvalue weighted by Gasteiger charge is 1.26. The molecular weight excluding hydrogens is 146 g/mol.